The molecule has 0 atom stereocenters. The molecule has 2 aromatic carbocycles. The van der Waals surface area contributed by atoms with E-state index in [-0.39, 0.29) is 30.6 Å². The number of aryl methyl sites for hydroxylation is 1. The van der Waals surface area contributed by atoms with Gasteiger partial charge in [0.2, 0.25) is 5.89 Å². The Bertz CT molecular complexity index is 1020. The number of aliphatic imine (C=N–C) groups is 1. The third kappa shape index (κ3) is 7.59. The summed E-state index contributed by atoms with van der Waals surface area (Å²) >= 11 is 0. The van der Waals surface area contributed by atoms with Gasteiger partial charge < -0.3 is 25.5 Å². The fourth-order valence-electron chi connectivity index (χ4n) is 2.70. The van der Waals surface area contributed by atoms with Crippen LogP contribution in [0.1, 0.15) is 16.8 Å². The lowest BCUT2D eigenvalue weighted by Crippen LogP contribution is -2.36. The fraction of sp³-hybridized carbons (Fsp3) is 0.227. The first-order chi connectivity index (χ1) is 14.5. The Morgan fingerprint density at radius 2 is 1.90 bits per heavy atom. The summed E-state index contributed by atoms with van der Waals surface area (Å²) in [6, 6.07) is 15.4. The monoisotopic (exact) mass is 535 g/mol. The number of nitrogens with one attached hydrogen (secondary N) is 2. The van der Waals surface area contributed by atoms with E-state index in [0.29, 0.717) is 30.7 Å². The second kappa shape index (κ2) is 11.9. The molecular weight excluding hydrogens is 509 g/mol. The molecule has 0 aliphatic carbocycles. The van der Waals surface area contributed by atoms with Crippen LogP contribution < -0.4 is 21.1 Å². The van der Waals surface area contributed by atoms with E-state index in [1.807, 2.05) is 49.4 Å². The van der Waals surface area contributed by atoms with E-state index in [1.54, 1.807) is 19.4 Å². The van der Waals surface area contributed by atoms with E-state index in [2.05, 4.69) is 20.6 Å². The summed E-state index contributed by atoms with van der Waals surface area (Å²) < 4.78 is 10.9. The number of rotatable bonds is 8. The second-order valence-corrected chi connectivity index (χ2v) is 6.69. The van der Waals surface area contributed by atoms with Crippen molar-refractivity contribution in [3.05, 3.63) is 71.6 Å². The summed E-state index contributed by atoms with van der Waals surface area (Å²) in [5.41, 5.74) is 8.98. The Kier molecular flexibility index (Phi) is 9.32. The van der Waals surface area contributed by atoms with Gasteiger partial charge in [-0.2, -0.15) is 0 Å². The number of nitrogens with two attached hydrogens (primary N) is 1. The maximum atomic E-state index is 10.8. The van der Waals surface area contributed by atoms with Crippen LogP contribution in [0.4, 0.5) is 0 Å². The van der Waals surface area contributed by atoms with Gasteiger partial charge in [0, 0.05) is 19.2 Å². The number of hydrogen-bond acceptors (Lipinski definition) is 5. The van der Waals surface area contributed by atoms with Crippen molar-refractivity contribution in [3.63, 3.8) is 0 Å². The topological polar surface area (TPSA) is 115 Å². The first-order valence-corrected chi connectivity index (χ1v) is 9.49. The van der Waals surface area contributed by atoms with Crippen LogP contribution in [0.3, 0.4) is 0 Å². The van der Waals surface area contributed by atoms with Gasteiger partial charge in [-0.1, -0.05) is 29.8 Å². The lowest BCUT2D eigenvalue weighted by molar-refractivity contribution is -0.119. The first-order valence-electron chi connectivity index (χ1n) is 9.49. The maximum Gasteiger partial charge on any atom is 0.255 e. The number of guanidine groups is 1. The number of nitrogens with zero attached hydrogens (tertiary/aromatic N) is 2. The standard InChI is InChI=1S/C22H25N5O3.HI/c1-15-6-8-17(9-7-15)21-27-18(13-30-21)12-26-22(24-2)25-11-16-4-3-5-19(10-16)29-14-20(23)28;/h3-10,13H,11-12,14H2,1-2H3,(H2,23,28)(H2,24,25,26);1H. The predicted octanol–water partition coefficient (Wildman–Crippen LogP) is 3.00. The molecule has 0 aliphatic heterocycles. The summed E-state index contributed by atoms with van der Waals surface area (Å²) in [5, 5.41) is 6.43. The van der Waals surface area contributed by atoms with Gasteiger partial charge in [-0.05, 0) is 36.8 Å². The van der Waals surface area contributed by atoms with Crippen molar-refractivity contribution < 1.29 is 13.9 Å². The van der Waals surface area contributed by atoms with Crippen molar-refractivity contribution in [2.75, 3.05) is 13.7 Å². The van der Waals surface area contributed by atoms with Crippen LogP contribution in [0.5, 0.6) is 5.75 Å². The zero-order valence-corrected chi connectivity index (χ0v) is 19.8. The highest BCUT2D eigenvalue weighted by Gasteiger charge is 2.08. The smallest absolute Gasteiger partial charge is 0.255 e. The lowest BCUT2D eigenvalue weighted by atomic mass is 10.1. The number of benzene rings is 2. The lowest BCUT2D eigenvalue weighted by Gasteiger charge is -2.12. The van der Waals surface area contributed by atoms with Crippen LogP contribution in [-0.4, -0.2) is 30.5 Å². The van der Waals surface area contributed by atoms with Crippen molar-refractivity contribution in [2.24, 2.45) is 10.7 Å². The number of carbonyl (C=O) groups excluding carboxylic acids is 1. The molecule has 0 unspecified atom stereocenters. The molecule has 1 aromatic heterocycles. The Hall–Kier alpha value is -3.08. The number of amides is 1. The summed E-state index contributed by atoms with van der Waals surface area (Å²) in [4.78, 5) is 19.6. The number of aromatic nitrogens is 1. The number of halogens is 1. The molecule has 9 heteroatoms. The van der Waals surface area contributed by atoms with E-state index in [4.69, 9.17) is 14.9 Å². The molecule has 0 fully saturated rings. The summed E-state index contributed by atoms with van der Waals surface area (Å²) in [7, 11) is 1.70. The number of hydrogen-bond donors (Lipinski definition) is 3. The van der Waals surface area contributed by atoms with Crippen molar-refractivity contribution in [2.45, 2.75) is 20.0 Å². The van der Waals surface area contributed by atoms with E-state index < -0.39 is 5.91 Å². The average molecular weight is 535 g/mol. The Morgan fingerprint density at radius 1 is 1.16 bits per heavy atom. The van der Waals surface area contributed by atoms with Crippen LogP contribution in [0, 0.1) is 6.92 Å². The van der Waals surface area contributed by atoms with Gasteiger partial charge in [-0.25, -0.2) is 4.98 Å². The molecule has 1 amide bonds. The zero-order chi connectivity index (χ0) is 21.3. The van der Waals surface area contributed by atoms with Gasteiger partial charge in [0.1, 0.15) is 12.0 Å². The third-order valence-electron chi connectivity index (χ3n) is 4.25. The molecule has 0 spiro atoms. The molecule has 0 saturated heterocycles. The maximum absolute atomic E-state index is 10.8. The molecule has 164 valence electrons. The van der Waals surface area contributed by atoms with Gasteiger partial charge in [0.25, 0.3) is 5.91 Å². The highest BCUT2D eigenvalue weighted by Crippen LogP contribution is 2.19. The minimum atomic E-state index is -0.512. The second-order valence-electron chi connectivity index (χ2n) is 6.69. The molecule has 31 heavy (non-hydrogen) atoms. The molecule has 0 aliphatic rings. The molecule has 3 aromatic rings. The minimum Gasteiger partial charge on any atom is -0.484 e. The van der Waals surface area contributed by atoms with Crippen LogP contribution >= 0.6 is 24.0 Å². The van der Waals surface area contributed by atoms with Crippen molar-refractivity contribution >= 4 is 35.8 Å². The molecule has 3 rings (SSSR count). The van der Waals surface area contributed by atoms with E-state index in [9.17, 15) is 4.79 Å². The molecule has 1 heterocycles. The molecule has 8 nitrogen and oxygen atoms in total. The number of primary amides is 1. The first kappa shape index (κ1) is 24.2. The molecule has 0 bridgehead atoms. The summed E-state index contributed by atoms with van der Waals surface area (Å²) in [6.45, 7) is 2.89. The minimum absolute atomic E-state index is 0. The van der Waals surface area contributed by atoms with Gasteiger partial charge in [0.05, 0.1) is 12.2 Å². The van der Waals surface area contributed by atoms with E-state index in [0.717, 1.165) is 16.8 Å². The third-order valence-corrected chi connectivity index (χ3v) is 4.25. The van der Waals surface area contributed by atoms with Crippen LogP contribution in [0.25, 0.3) is 11.5 Å². The van der Waals surface area contributed by atoms with Crippen LogP contribution in [0.15, 0.2) is 64.2 Å². The Labute approximate surface area is 198 Å². The summed E-state index contributed by atoms with van der Waals surface area (Å²) in [5.74, 6) is 1.28. The predicted molar refractivity (Wildman–Crippen MR) is 130 cm³/mol. The van der Waals surface area contributed by atoms with E-state index >= 15 is 0 Å². The normalized spacial score (nSPS) is 10.8. The number of oxazole rings is 1. The Morgan fingerprint density at radius 3 is 2.61 bits per heavy atom. The van der Waals surface area contributed by atoms with E-state index in [1.165, 1.54) is 5.56 Å². The van der Waals surface area contributed by atoms with Crippen molar-refractivity contribution in [1.82, 2.24) is 15.6 Å². The zero-order valence-electron chi connectivity index (χ0n) is 17.4. The fourth-order valence-corrected chi connectivity index (χ4v) is 2.70. The van der Waals surface area contributed by atoms with Crippen LogP contribution in [0.2, 0.25) is 0 Å². The average Bonchev–Trinajstić information content (AvgIpc) is 3.22. The van der Waals surface area contributed by atoms with Gasteiger partial charge in [0.15, 0.2) is 12.6 Å². The summed E-state index contributed by atoms with van der Waals surface area (Å²) in [6.07, 6.45) is 1.63. The highest BCUT2D eigenvalue weighted by atomic mass is 127. The molecule has 0 saturated carbocycles. The molecule has 0 radical (unpaired) electrons. The SMILES string of the molecule is CN=C(NCc1cccc(OCC(N)=O)c1)NCc1coc(-c2ccc(C)cc2)n1.I. The van der Waals surface area contributed by atoms with Gasteiger partial charge >= 0.3 is 0 Å². The molecular formula is C22H26IN5O3. The van der Waals surface area contributed by atoms with Crippen LogP contribution in [-0.2, 0) is 17.9 Å². The van der Waals surface area contributed by atoms with Gasteiger partial charge in [-0.15, -0.1) is 24.0 Å². The molecule has 4 N–H and O–H groups in total. The van der Waals surface area contributed by atoms with Gasteiger partial charge in [-0.3, -0.25) is 9.79 Å². The van der Waals surface area contributed by atoms with Crippen molar-refractivity contribution in [1.29, 1.82) is 0 Å². The Balaban J connectivity index is 0.00000341. The number of ether oxygens (including phenoxy) is 1. The largest absolute Gasteiger partial charge is 0.484 e. The van der Waals surface area contributed by atoms with Crippen molar-refractivity contribution in [3.8, 4) is 17.2 Å². The highest BCUT2D eigenvalue weighted by molar-refractivity contribution is 14.0. The number of carbonyl (C=O) groups is 1. The quantitative estimate of drug-likeness (QED) is 0.232.